The van der Waals surface area contributed by atoms with Crippen LogP contribution < -0.4 is 15.4 Å². The lowest BCUT2D eigenvalue weighted by molar-refractivity contribution is 0.0938. The highest BCUT2D eigenvalue weighted by molar-refractivity contribution is 5.95. The number of nitrogens with one attached hydrogen (secondary N) is 2. The maximum Gasteiger partial charge on any atom is 0.270 e. The van der Waals surface area contributed by atoms with Crippen LogP contribution in [0, 0.1) is 5.82 Å². The van der Waals surface area contributed by atoms with Crippen molar-refractivity contribution in [3.63, 3.8) is 0 Å². The monoisotopic (exact) mass is 490 g/mol. The lowest BCUT2D eigenvalue weighted by atomic mass is 10.0. The molecular formula is C26H27FN6O3. The number of carbonyl (C=O) groups is 1. The van der Waals surface area contributed by atoms with E-state index in [1.807, 2.05) is 6.92 Å². The van der Waals surface area contributed by atoms with Crippen molar-refractivity contribution < 1.29 is 19.0 Å². The minimum Gasteiger partial charge on any atom is -0.494 e. The molecule has 3 heterocycles. The Morgan fingerprint density at radius 1 is 1.19 bits per heavy atom. The van der Waals surface area contributed by atoms with Crippen LogP contribution in [0.4, 0.5) is 10.2 Å². The van der Waals surface area contributed by atoms with Gasteiger partial charge in [0.2, 0.25) is 0 Å². The van der Waals surface area contributed by atoms with Crippen LogP contribution in [-0.4, -0.2) is 49.5 Å². The number of halogens is 1. The number of fused-ring (bicyclic) bond motifs is 1. The predicted octanol–water partition coefficient (Wildman–Crippen LogP) is 3.36. The van der Waals surface area contributed by atoms with Crippen LogP contribution in [0.1, 0.15) is 47.4 Å². The van der Waals surface area contributed by atoms with E-state index < -0.39 is 23.4 Å². The van der Waals surface area contributed by atoms with Gasteiger partial charge in [-0.2, -0.15) is 5.10 Å². The first-order valence-corrected chi connectivity index (χ1v) is 11.6. The minimum absolute atomic E-state index is 0.118. The average Bonchev–Trinajstić information content (AvgIpc) is 3.49. The van der Waals surface area contributed by atoms with Gasteiger partial charge in [0.1, 0.15) is 11.5 Å². The molecule has 36 heavy (non-hydrogen) atoms. The Kier molecular flexibility index (Phi) is 6.05. The molecule has 9 nitrogen and oxygen atoms in total. The van der Waals surface area contributed by atoms with Gasteiger partial charge >= 0.3 is 0 Å². The lowest BCUT2D eigenvalue weighted by Crippen LogP contribution is -2.32. The van der Waals surface area contributed by atoms with E-state index >= 15 is 0 Å². The second-order valence-corrected chi connectivity index (χ2v) is 9.18. The first-order valence-electron chi connectivity index (χ1n) is 11.6. The van der Waals surface area contributed by atoms with Crippen LogP contribution in [-0.2, 0) is 7.05 Å². The van der Waals surface area contributed by atoms with E-state index in [2.05, 4.69) is 25.7 Å². The standard InChI is InChI=1S/C26H27FN6O3/c1-15(26(35)8-9-26)30-23-11-21-17(12-28-23)4-6-20(31-21)25(34)32-24(18-13-29-33(2)14-18)16-5-7-22(36-3)19(27)10-16/h4-7,10-15,24,35H,8-9H2,1-3H3,(H,28,30)(H,32,34)/t15-,24-/m0/s1. The number of benzene rings is 1. The third-order valence-electron chi connectivity index (χ3n) is 6.58. The molecule has 1 amide bonds. The zero-order valence-corrected chi connectivity index (χ0v) is 20.2. The second-order valence-electron chi connectivity index (χ2n) is 9.18. The zero-order valence-electron chi connectivity index (χ0n) is 20.2. The molecule has 0 aliphatic heterocycles. The van der Waals surface area contributed by atoms with Crippen LogP contribution in [0.2, 0.25) is 0 Å². The summed E-state index contributed by atoms with van der Waals surface area (Å²) in [4.78, 5) is 22.2. The maximum atomic E-state index is 14.5. The van der Waals surface area contributed by atoms with Crippen molar-refractivity contribution in [1.29, 1.82) is 0 Å². The molecule has 10 heteroatoms. The number of amides is 1. The number of rotatable bonds is 8. The van der Waals surface area contributed by atoms with Crippen molar-refractivity contribution in [3.8, 4) is 5.75 Å². The minimum atomic E-state index is -0.700. The topological polar surface area (TPSA) is 114 Å². The van der Waals surface area contributed by atoms with Crippen molar-refractivity contribution in [2.24, 2.45) is 7.05 Å². The summed E-state index contributed by atoms with van der Waals surface area (Å²) in [7, 11) is 3.17. The van der Waals surface area contributed by atoms with E-state index in [0.717, 1.165) is 18.2 Å². The number of methoxy groups -OCH3 is 1. The number of aryl methyl sites for hydroxylation is 1. The van der Waals surface area contributed by atoms with Gasteiger partial charge in [-0.3, -0.25) is 9.48 Å². The molecule has 1 fully saturated rings. The van der Waals surface area contributed by atoms with Gasteiger partial charge < -0.3 is 20.5 Å². The fourth-order valence-electron chi connectivity index (χ4n) is 4.15. The fraction of sp³-hybridized carbons (Fsp3) is 0.308. The number of aliphatic hydroxyl groups is 1. The molecule has 0 spiro atoms. The summed E-state index contributed by atoms with van der Waals surface area (Å²) in [6.07, 6.45) is 6.58. The van der Waals surface area contributed by atoms with Crippen molar-refractivity contribution in [2.45, 2.75) is 37.5 Å². The van der Waals surface area contributed by atoms with Crippen molar-refractivity contribution in [3.05, 3.63) is 77.6 Å². The number of hydrogen-bond acceptors (Lipinski definition) is 7. The summed E-state index contributed by atoms with van der Waals surface area (Å²) < 4.78 is 21.1. The summed E-state index contributed by atoms with van der Waals surface area (Å²) >= 11 is 0. The summed E-state index contributed by atoms with van der Waals surface area (Å²) in [6, 6.07) is 8.91. The summed E-state index contributed by atoms with van der Waals surface area (Å²) in [5.74, 6) is -0.261. The van der Waals surface area contributed by atoms with Gasteiger partial charge in [0.25, 0.3) is 5.91 Å². The molecule has 0 saturated heterocycles. The summed E-state index contributed by atoms with van der Waals surface area (Å²) in [6.45, 7) is 1.91. The number of pyridine rings is 2. The normalized spacial score (nSPS) is 15.8. The summed E-state index contributed by atoms with van der Waals surface area (Å²) in [5.41, 5.74) is 1.32. The van der Waals surface area contributed by atoms with Gasteiger partial charge in [-0.15, -0.1) is 0 Å². The van der Waals surface area contributed by atoms with Crippen LogP contribution >= 0.6 is 0 Å². The number of aromatic nitrogens is 4. The molecule has 1 saturated carbocycles. The fourth-order valence-corrected chi connectivity index (χ4v) is 4.15. The molecule has 0 bridgehead atoms. The second kappa shape index (κ2) is 9.19. The molecular weight excluding hydrogens is 463 g/mol. The van der Waals surface area contributed by atoms with E-state index in [9.17, 15) is 14.3 Å². The Morgan fingerprint density at radius 3 is 2.67 bits per heavy atom. The van der Waals surface area contributed by atoms with Crippen LogP contribution in [0.15, 0.2) is 55.0 Å². The molecule has 3 aromatic heterocycles. The zero-order chi connectivity index (χ0) is 25.4. The van der Waals surface area contributed by atoms with Crippen molar-refractivity contribution >= 4 is 22.6 Å². The van der Waals surface area contributed by atoms with Gasteiger partial charge in [0.15, 0.2) is 11.6 Å². The Balaban J connectivity index is 1.42. The van der Waals surface area contributed by atoms with Crippen LogP contribution in [0.5, 0.6) is 5.75 Å². The van der Waals surface area contributed by atoms with Gasteiger partial charge in [0.05, 0.1) is 36.5 Å². The highest BCUT2D eigenvalue weighted by Gasteiger charge is 2.45. The number of ether oxygens (including phenoxy) is 1. The molecule has 4 aromatic rings. The molecule has 3 N–H and O–H groups in total. The SMILES string of the molecule is COc1ccc([C@H](NC(=O)c2ccc3cnc(N[C@@H](C)C4(O)CC4)cc3n2)c2cnn(C)c2)cc1F. The molecule has 186 valence electrons. The van der Waals surface area contributed by atoms with Crippen molar-refractivity contribution in [1.82, 2.24) is 25.1 Å². The molecule has 2 atom stereocenters. The van der Waals surface area contributed by atoms with Crippen LogP contribution in [0.3, 0.4) is 0 Å². The Morgan fingerprint density at radius 2 is 2.00 bits per heavy atom. The maximum absolute atomic E-state index is 14.5. The van der Waals surface area contributed by atoms with Gasteiger partial charge in [-0.05, 0) is 49.6 Å². The van der Waals surface area contributed by atoms with E-state index in [1.165, 1.54) is 19.2 Å². The van der Waals surface area contributed by atoms with Crippen molar-refractivity contribution in [2.75, 3.05) is 12.4 Å². The highest BCUT2D eigenvalue weighted by Crippen LogP contribution is 2.39. The van der Waals surface area contributed by atoms with Gasteiger partial charge in [-0.1, -0.05) is 6.07 Å². The number of anilines is 1. The lowest BCUT2D eigenvalue weighted by Gasteiger charge is -2.20. The smallest absolute Gasteiger partial charge is 0.270 e. The predicted molar refractivity (Wildman–Crippen MR) is 132 cm³/mol. The Hall–Kier alpha value is -4.05. The van der Waals surface area contributed by atoms with Gasteiger partial charge in [0, 0.05) is 36.5 Å². The Labute approximate surface area is 207 Å². The third kappa shape index (κ3) is 4.72. The first-order chi connectivity index (χ1) is 17.3. The van der Waals surface area contributed by atoms with Gasteiger partial charge in [-0.25, -0.2) is 14.4 Å². The molecule has 1 aliphatic rings. The molecule has 5 rings (SSSR count). The third-order valence-corrected chi connectivity index (χ3v) is 6.58. The van der Waals surface area contributed by atoms with Crippen LogP contribution in [0.25, 0.3) is 10.9 Å². The average molecular weight is 491 g/mol. The quantitative estimate of drug-likeness (QED) is 0.347. The number of carbonyl (C=O) groups excluding carboxylic acids is 1. The summed E-state index contributed by atoms with van der Waals surface area (Å²) in [5, 5.41) is 21.5. The molecule has 0 radical (unpaired) electrons. The highest BCUT2D eigenvalue weighted by atomic mass is 19.1. The molecule has 1 aromatic carbocycles. The largest absolute Gasteiger partial charge is 0.494 e. The van der Waals surface area contributed by atoms with E-state index in [1.54, 1.807) is 54.6 Å². The van der Waals surface area contributed by atoms with E-state index in [-0.39, 0.29) is 17.5 Å². The first kappa shape index (κ1) is 23.7. The number of nitrogens with zero attached hydrogens (tertiary/aromatic N) is 4. The number of hydrogen-bond donors (Lipinski definition) is 3. The molecule has 1 aliphatic carbocycles. The molecule has 0 unspecified atom stereocenters. The Bertz CT molecular complexity index is 1430. The van der Waals surface area contributed by atoms with E-state index in [0.29, 0.717) is 22.5 Å². The van der Waals surface area contributed by atoms with E-state index in [4.69, 9.17) is 4.74 Å².